The second-order valence-electron chi connectivity index (χ2n) is 7.15. The zero-order chi connectivity index (χ0) is 22.5. The van der Waals surface area contributed by atoms with E-state index in [1.165, 1.54) is 30.4 Å². The molecule has 2 aromatic rings. The number of benzene rings is 1. The van der Waals surface area contributed by atoms with Gasteiger partial charge in [0.25, 0.3) is 5.69 Å². The predicted molar refractivity (Wildman–Crippen MR) is 116 cm³/mol. The van der Waals surface area contributed by atoms with Gasteiger partial charge in [-0.3, -0.25) is 19.7 Å². The molecular formula is C21H23N3O6S. The first kappa shape index (κ1) is 22.4. The Morgan fingerprint density at radius 2 is 2.00 bits per heavy atom. The summed E-state index contributed by atoms with van der Waals surface area (Å²) in [7, 11) is 0. The van der Waals surface area contributed by atoms with E-state index < -0.39 is 10.9 Å². The van der Waals surface area contributed by atoms with Gasteiger partial charge in [0.2, 0.25) is 11.8 Å². The third-order valence-electron chi connectivity index (χ3n) is 5.19. The minimum atomic E-state index is -0.605. The lowest BCUT2D eigenvalue weighted by molar-refractivity contribution is -0.384. The summed E-state index contributed by atoms with van der Waals surface area (Å²) in [5.41, 5.74) is 1.04. The molecule has 1 aromatic heterocycles. The number of carbonyl (C=O) groups excluding carboxylic acids is 3. The van der Waals surface area contributed by atoms with E-state index in [0.29, 0.717) is 42.1 Å². The Balaban J connectivity index is 1.86. The number of amides is 2. The molecule has 2 heterocycles. The number of nitrogens with zero attached hydrogens (tertiary/aromatic N) is 2. The van der Waals surface area contributed by atoms with E-state index >= 15 is 0 Å². The summed E-state index contributed by atoms with van der Waals surface area (Å²) in [6, 6.07) is 5.96. The number of nitro groups is 1. The molecule has 1 aliphatic heterocycles. The first-order valence-electron chi connectivity index (χ1n) is 9.91. The van der Waals surface area contributed by atoms with Gasteiger partial charge in [-0.1, -0.05) is 12.1 Å². The number of nitro benzene ring substituents is 1. The van der Waals surface area contributed by atoms with Crippen molar-refractivity contribution < 1.29 is 24.0 Å². The van der Waals surface area contributed by atoms with Gasteiger partial charge in [-0.25, -0.2) is 4.79 Å². The number of carbonyl (C=O) groups is 3. The van der Waals surface area contributed by atoms with Crippen molar-refractivity contribution in [1.82, 2.24) is 4.90 Å². The summed E-state index contributed by atoms with van der Waals surface area (Å²) in [6.45, 7) is 4.37. The van der Waals surface area contributed by atoms with Gasteiger partial charge in [-0.15, -0.1) is 11.3 Å². The van der Waals surface area contributed by atoms with Crippen molar-refractivity contribution in [3.8, 4) is 11.1 Å². The fraction of sp³-hybridized carbons (Fsp3) is 0.381. The van der Waals surface area contributed by atoms with Gasteiger partial charge in [0.05, 0.1) is 11.5 Å². The second-order valence-corrected chi connectivity index (χ2v) is 8.03. The van der Waals surface area contributed by atoms with Crippen LogP contribution in [0.1, 0.15) is 37.0 Å². The van der Waals surface area contributed by atoms with Crippen LogP contribution in [0.15, 0.2) is 29.6 Å². The molecular weight excluding hydrogens is 422 g/mol. The number of thiophene rings is 1. The molecule has 1 aliphatic rings. The normalized spacial score (nSPS) is 14.2. The molecule has 0 unspecified atom stereocenters. The molecule has 0 bridgehead atoms. The SMILES string of the molecule is CCOC(=O)c1c(-c2cccc([N+](=O)[O-])c2)csc1NC(=O)C1CCN(C(C)=O)CC1. The molecule has 1 N–H and O–H groups in total. The van der Waals surface area contributed by atoms with Gasteiger partial charge in [-0.2, -0.15) is 0 Å². The Bertz CT molecular complexity index is 1010. The van der Waals surface area contributed by atoms with Crippen LogP contribution in [0.4, 0.5) is 10.7 Å². The number of non-ortho nitro benzene ring substituents is 1. The van der Waals surface area contributed by atoms with Gasteiger partial charge in [0.1, 0.15) is 10.6 Å². The van der Waals surface area contributed by atoms with E-state index in [9.17, 15) is 24.5 Å². The highest BCUT2D eigenvalue weighted by Crippen LogP contribution is 2.38. The number of rotatable bonds is 6. The topological polar surface area (TPSA) is 119 Å². The van der Waals surface area contributed by atoms with E-state index in [4.69, 9.17) is 4.74 Å². The average Bonchev–Trinajstić information content (AvgIpc) is 3.17. The number of likely N-dealkylation sites (tertiary alicyclic amines) is 1. The molecule has 1 saturated heterocycles. The maximum Gasteiger partial charge on any atom is 0.341 e. The van der Waals surface area contributed by atoms with Crippen LogP contribution in [-0.4, -0.2) is 47.3 Å². The molecule has 0 saturated carbocycles. The van der Waals surface area contributed by atoms with E-state index in [-0.39, 0.29) is 35.6 Å². The molecule has 164 valence electrons. The van der Waals surface area contributed by atoms with E-state index in [1.54, 1.807) is 29.3 Å². The number of anilines is 1. The highest BCUT2D eigenvalue weighted by Gasteiger charge is 2.29. The van der Waals surface area contributed by atoms with Gasteiger partial charge in [0, 0.05) is 49.0 Å². The predicted octanol–water partition coefficient (Wildman–Crippen LogP) is 3.70. The molecule has 10 heteroatoms. The molecule has 2 amide bonds. The largest absolute Gasteiger partial charge is 0.462 e. The van der Waals surface area contributed by atoms with Crippen LogP contribution >= 0.6 is 11.3 Å². The molecule has 9 nitrogen and oxygen atoms in total. The average molecular weight is 445 g/mol. The van der Waals surface area contributed by atoms with Crippen LogP contribution in [0, 0.1) is 16.0 Å². The number of ether oxygens (including phenoxy) is 1. The number of hydrogen-bond acceptors (Lipinski definition) is 7. The van der Waals surface area contributed by atoms with Gasteiger partial charge < -0.3 is 15.0 Å². The fourth-order valence-corrected chi connectivity index (χ4v) is 4.49. The third-order valence-corrected chi connectivity index (χ3v) is 6.08. The van der Waals surface area contributed by atoms with Crippen molar-refractivity contribution in [2.24, 2.45) is 5.92 Å². The Morgan fingerprint density at radius 3 is 2.61 bits per heavy atom. The Kier molecular flexibility index (Phi) is 7.01. The summed E-state index contributed by atoms with van der Waals surface area (Å²) >= 11 is 1.17. The number of piperidine rings is 1. The minimum absolute atomic E-state index is 0.0108. The van der Waals surface area contributed by atoms with Crippen LogP contribution in [0.3, 0.4) is 0 Å². The highest BCUT2D eigenvalue weighted by atomic mass is 32.1. The molecule has 0 atom stereocenters. The van der Waals surface area contributed by atoms with Crippen LogP contribution in [-0.2, 0) is 14.3 Å². The summed E-state index contributed by atoms with van der Waals surface area (Å²) in [5, 5.41) is 16.0. The van der Waals surface area contributed by atoms with Crippen molar-refractivity contribution in [3.05, 3.63) is 45.3 Å². The summed E-state index contributed by atoms with van der Waals surface area (Å²) in [6.07, 6.45) is 1.09. The van der Waals surface area contributed by atoms with Crippen LogP contribution in [0.5, 0.6) is 0 Å². The van der Waals surface area contributed by atoms with Crippen molar-refractivity contribution in [3.63, 3.8) is 0 Å². The smallest absolute Gasteiger partial charge is 0.341 e. The minimum Gasteiger partial charge on any atom is -0.462 e. The van der Waals surface area contributed by atoms with E-state index in [1.807, 2.05) is 0 Å². The van der Waals surface area contributed by atoms with Crippen molar-refractivity contribution in [2.45, 2.75) is 26.7 Å². The molecule has 31 heavy (non-hydrogen) atoms. The molecule has 0 aliphatic carbocycles. The monoisotopic (exact) mass is 445 g/mol. The van der Waals surface area contributed by atoms with Gasteiger partial charge in [-0.05, 0) is 25.3 Å². The summed E-state index contributed by atoms with van der Waals surface area (Å²) < 4.78 is 5.17. The standard InChI is InChI=1S/C21H23N3O6S/c1-3-30-21(27)18-17(15-5-4-6-16(11-15)24(28)29)12-31-20(18)22-19(26)14-7-9-23(10-8-14)13(2)25/h4-6,11-12,14H,3,7-10H2,1-2H3,(H,22,26). The number of nitrogens with one attached hydrogen (secondary N) is 1. The Labute approximate surface area is 183 Å². The Morgan fingerprint density at radius 1 is 1.29 bits per heavy atom. The zero-order valence-electron chi connectivity index (χ0n) is 17.3. The van der Waals surface area contributed by atoms with Gasteiger partial charge >= 0.3 is 5.97 Å². The van der Waals surface area contributed by atoms with Crippen molar-refractivity contribution >= 4 is 39.8 Å². The quantitative estimate of drug-likeness (QED) is 0.411. The van der Waals surface area contributed by atoms with Crippen LogP contribution < -0.4 is 5.32 Å². The maximum absolute atomic E-state index is 12.8. The Hall–Kier alpha value is -3.27. The third kappa shape index (κ3) is 5.08. The van der Waals surface area contributed by atoms with Crippen molar-refractivity contribution in [2.75, 3.05) is 25.0 Å². The number of hydrogen-bond donors (Lipinski definition) is 1. The molecule has 1 fully saturated rings. The van der Waals surface area contributed by atoms with Crippen LogP contribution in [0.25, 0.3) is 11.1 Å². The zero-order valence-corrected chi connectivity index (χ0v) is 18.1. The second kappa shape index (κ2) is 9.69. The maximum atomic E-state index is 12.8. The van der Waals surface area contributed by atoms with Crippen molar-refractivity contribution in [1.29, 1.82) is 0 Å². The summed E-state index contributed by atoms with van der Waals surface area (Å²) in [5.74, 6) is -1.11. The molecule has 0 radical (unpaired) electrons. The van der Waals surface area contributed by atoms with E-state index in [0.717, 1.165) is 0 Å². The highest BCUT2D eigenvalue weighted by molar-refractivity contribution is 7.15. The molecule has 3 rings (SSSR count). The lowest BCUT2D eigenvalue weighted by atomic mass is 9.96. The van der Waals surface area contributed by atoms with E-state index in [2.05, 4.69) is 5.32 Å². The molecule has 1 aromatic carbocycles. The first-order chi connectivity index (χ1) is 14.8. The lowest BCUT2D eigenvalue weighted by Gasteiger charge is -2.30. The molecule has 0 spiro atoms. The number of esters is 1. The van der Waals surface area contributed by atoms with Crippen LogP contribution in [0.2, 0.25) is 0 Å². The summed E-state index contributed by atoms with van der Waals surface area (Å²) in [4.78, 5) is 49.3. The fourth-order valence-electron chi connectivity index (χ4n) is 3.53. The first-order valence-corrected chi connectivity index (χ1v) is 10.8. The lowest BCUT2D eigenvalue weighted by Crippen LogP contribution is -2.40. The van der Waals surface area contributed by atoms with Gasteiger partial charge in [0.15, 0.2) is 0 Å².